The first-order valence-electron chi connectivity index (χ1n) is 4.44. The van der Waals surface area contributed by atoms with Gasteiger partial charge in [0.1, 0.15) is 0 Å². The minimum Gasteiger partial charge on any atom is -0.460 e. The molecule has 5 heteroatoms. The number of hydrogen-bond acceptors (Lipinski definition) is 3. The van der Waals surface area contributed by atoms with Crippen molar-refractivity contribution >= 4 is 14.0 Å². The Labute approximate surface area is 84.7 Å². The number of esters is 1. The highest BCUT2D eigenvalue weighted by atomic mass is 28.3. The van der Waals surface area contributed by atoms with Crippen LogP contribution in [0.2, 0.25) is 19.6 Å². The Morgan fingerprint density at radius 2 is 2.29 bits per heavy atom. The fourth-order valence-electron chi connectivity index (χ4n) is 0.739. The van der Waals surface area contributed by atoms with Crippen LogP contribution >= 0.6 is 0 Å². The number of hydrogen-bond donors (Lipinski definition) is 1. The number of nitrogens with one attached hydrogen (secondary N) is 1. The number of aromatic nitrogens is 2. The van der Waals surface area contributed by atoms with E-state index in [2.05, 4.69) is 36.5 Å². The molecule has 0 saturated heterocycles. The first-order valence-corrected chi connectivity index (χ1v) is 8.02. The molecule has 1 aromatic rings. The standard InChI is InChI=1S/C9H15N2O2Si/c1-7(14(2,3)4)13-9(12)8-10-5-6-11-8/h5-7H,1H2,2-4H3,(H,10,11). The van der Waals surface area contributed by atoms with Crippen LogP contribution in [0.5, 0.6) is 0 Å². The van der Waals surface area contributed by atoms with Gasteiger partial charge in [-0.2, -0.15) is 0 Å². The smallest absolute Gasteiger partial charge is 0.374 e. The summed E-state index contributed by atoms with van der Waals surface area (Å²) in [6.45, 7) is 10.1. The maximum Gasteiger partial charge on any atom is 0.374 e. The zero-order valence-electron chi connectivity index (χ0n) is 8.70. The molecule has 4 nitrogen and oxygen atoms in total. The van der Waals surface area contributed by atoms with Crippen molar-refractivity contribution < 1.29 is 9.53 Å². The average molecular weight is 211 g/mol. The number of imidazole rings is 1. The number of ether oxygens (including phenoxy) is 1. The fourth-order valence-corrected chi connectivity index (χ4v) is 1.20. The molecule has 1 atom stereocenters. The summed E-state index contributed by atoms with van der Waals surface area (Å²) in [7, 11) is -1.53. The molecule has 1 radical (unpaired) electrons. The number of carbonyl (C=O) groups is 1. The predicted molar refractivity (Wildman–Crippen MR) is 56.5 cm³/mol. The molecular formula is C9H15N2O2Si. The van der Waals surface area contributed by atoms with Crippen molar-refractivity contribution in [2.75, 3.05) is 0 Å². The molecule has 0 aliphatic carbocycles. The molecule has 1 aromatic heterocycles. The predicted octanol–water partition coefficient (Wildman–Crippen LogP) is 1.65. The Bertz CT molecular complexity index is 303. The lowest BCUT2D eigenvalue weighted by Gasteiger charge is -2.24. The maximum atomic E-state index is 11.4. The van der Waals surface area contributed by atoms with Gasteiger partial charge >= 0.3 is 5.97 Å². The van der Waals surface area contributed by atoms with Crippen LogP contribution < -0.4 is 0 Å². The van der Waals surface area contributed by atoms with Crippen molar-refractivity contribution in [3.05, 3.63) is 25.1 Å². The van der Waals surface area contributed by atoms with Gasteiger partial charge in [0.15, 0.2) is 0 Å². The summed E-state index contributed by atoms with van der Waals surface area (Å²) in [6.07, 6.45) is 3.10. The van der Waals surface area contributed by atoms with Gasteiger partial charge in [-0.25, -0.2) is 9.78 Å². The van der Waals surface area contributed by atoms with E-state index in [-0.39, 0.29) is 11.6 Å². The van der Waals surface area contributed by atoms with Crippen LogP contribution in [0.1, 0.15) is 10.6 Å². The summed E-state index contributed by atoms with van der Waals surface area (Å²) in [5.74, 6) is -0.200. The summed E-state index contributed by atoms with van der Waals surface area (Å²) < 4.78 is 5.18. The highest BCUT2D eigenvalue weighted by Crippen LogP contribution is 2.11. The Morgan fingerprint density at radius 3 is 2.71 bits per heavy atom. The number of rotatable bonds is 3. The Morgan fingerprint density at radius 1 is 1.64 bits per heavy atom. The minimum atomic E-state index is -1.53. The van der Waals surface area contributed by atoms with Gasteiger partial charge < -0.3 is 9.72 Å². The molecule has 1 N–H and O–H groups in total. The third-order valence-electron chi connectivity index (χ3n) is 1.91. The van der Waals surface area contributed by atoms with Crippen LogP contribution in [0.25, 0.3) is 0 Å². The number of aromatic amines is 1. The normalized spacial score (nSPS) is 13.7. The topological polar surface area (TPSA) is 55.0 Å². The molecule has 0 amide bonds. The minimum absolute atomic E-state index is 0.233. The summed E-state index contributed by atoms with van der Waals surface area (Å²) in [4.78, 5) is 17.9. The van der Waals surface area contributed by atoms with Crippen molar-refractivity contribution in [2.24, 2.45) is 0 Å². The van der Waals surface area contributed by atoms with Gasteiger partial charge in [-0.1, -0.05) is 19.6 Å². The van der Waals surface area contributed by atoms with E-state index >= 15 is 0 Å². The van der Waals surface area contributed by atoms with Crippen molar-refractivity contribution in [1.82, 2.24) is 9.97 Å². The Balaban J connectivity index is 2.58. The molecule has 0 spiro atoms. The number of carbonyl (C=O) groups excluding carboxylic acids is 1. The first kappa shape index (κ1) is 11.0. The lowest BCUT2D eigenvalue weighted by atomic mass is 10.6. The van der Waals surface area contributed by atoms with Crippen LogP contribution in [0.15, 0.2) is 12.4 Å². The average Bonchev–Trinajstić information content (AvgIpc) is 2.53. The van der Waals surface area contributed by atoms with Gasteiger partial charge in [-0.15, -0.1) is 0 Å². The van der Waals surface area contributed by atoms with Crippen molar-refractivity contribution in [1.29, 1.82) is 0 Å². The van der Waals surface area contributed by atoms with E-state index in [1.54, 1.807) is 6.20 Å². The second-order valence-corrected chi connectivity index (χ2v) is 9.57. The molecule has 77 valence electrons. The highest BCUT2D eigenvalue weighted by Gasteiger charge is 2.27. The highest BCUT2D eigenvalue weighted by molar-refractivity contribution is 6.77. The van der Waals surface area contributed by atoms with Gasteiger partial charge in [-0.3, -0.25) is 0 Å². The van der Waals surface area contributed by atoms with Gasteiger partial charge in [0, 0.05) is 12.4 Å². The van der Waals surface area contributed by atoms with E-state index in [1.165, 1.54) is 6.20 Å². The zero-order valence-corrected chi connectivity index (χ0v) is 9.70. The summed E-state index contributed by atoms with van der Waals surface area (Å²) in [5, 5.41) is 0. The van der Waals surface area contributed by atoms with Gasteiger partial charge in [-0.05, 0) is 6.92 Å². The van der Waals surface area contributed by atoms with E-state index in [1.807, 2.05) is 0 Å². The van der Waals surface area contributed by atoms with Crippen molar-refractivity contribution in [3.8, 4) is 0 Å². The van der Waals surface area contributed by atoms with E-state index in [0.29, 0.717) is 0 Å². The lowest BCUT2D eigenvalue weighted by Crippen LogP contribution is -2.39. The largest absolute Gasteiger partial charge is 0.460 e. The van der Waals surface area contributed by atoms with Crippen LogP contribution in [0.4, 0.5) is 0 Å². The van der Waals surface area contributed by atoms with Crippen LogP contribution in [0.3, 0.4) is 0 Å². The molecule has 1 unspecified atom stereocenters. The second-order valence-electron chi connectivity index (χ2n) is 4.20. The van der Waals surface area contributed by atoms with Crippen LogP contribution in [-0.4, -0.2) is 29.7 Å². The molecule has 0 fully saturated rings. The van der Waals surface area contributed by atoms with Crippen LogP contribution in [-0.2, 0) is 4.74 Å². The maximum absolute atomic E-state index is 11.4. The van der Waals surface area contributed by atoms with Gasteiger partial charge in [0.25, 0.3) is 0 Å². The van der Waals surface area contributed by atoms with Gasteiger partial charge in [0.05, 0.1) is 13.8 Å². The quantitative estimate of drug-likeness (QED) is 0.611. The monoisotopic (exact) mass is 211 g/mol. The molecule has 0 aromatic carbocycles. The number of H-pyrrole nitrogens is 1. The molecule has 14 heavy (non-hydrogen) atoms. The summed E-state index contributed by atoms with van der Waals surface area (Å²) >= 11 is 0. The molecule has 0 bridgehead atoms. The molecule has 0 aliphatic rings. The summed E-state index contributed by atoms with van der Waals surface area (Å²) in [5.41, 5.74) is -0.250. The molecule has 1 heterocycles. The number of nitrogens with zero attached hydrogens (tertiary/aromatic N) is 1. The second kappa shape index (κ2) is 3.96. The SMILES string of the molecule is [CH2]C(OC(=O)c1ncc[nH]1)[Si](C)(C)C. The van der Waals surface area contributed by atoms with Gasteiger partial charge in [0.2, 0.25) is 5.82 Å². The Kier molecular flexibility index (Phi) is 3.10. The first-order chi connectivity index (χ1) is 6.41. The van der Waals surface area contributed by atoms with Crippen LogP contribution in [0, 0.1) is 6.92 Å². The van der Waals surface area contributed by atoms with E-state index in [4.69, 9.17) is 4.74 Å². The molecular weight excluding hydrogens is 196 g/mol. The van der Waals surface area contributed by atoms with E-state index in [0.717, 1.165) is 0 Å². The molecule has 0 saturated carbocycles. The van der Waals surface area contributed by atoms with E-state index in [9.17, 15) is 4.79 Å². The summed E-state index contributed by atoms with van der Waals surface area (Å²) in [6, 6.07) is 0. The van der Waals surface area contributed by atoms with E-state index < -0.39 is 14.0 Å². The zero-order chi connectivity index (χ0) is 10.8. The van der Waals surface area contributed by atoms with Crippen molar-refractivity contribution in [2.45, 2.75) is 25.4 Å². The molecule has 0 aliphatic heterocycles. The third-order valence-corrected chi connectivity index (χ3v) is 3.96. The van der Waals surface area contributed by atoms with Crippen molar-refractivity contribution in [3.63, 3.8) is 0 Å². The fraction of sp³-hybridized carbons (Fsp3) is 0.444. The molecule has 1 rings (SSSR count). The third kappa shape index (κ3) is 2.70. The lowest BCUT2D eigenvalue weighted by molar-refractivity contribution is 0.0473. The Hall–Kier alpha value is -1.10.